The van der Waals surface area contributed by atoms with Crippen molar-refractivity contribution in [2.75, 3.05) is 19.8 Å². The van der Waals surface area contributed by atoms with Crippen LogP contribution in [0.2, 0.25) is 0 Å². The molecule has 5 heteroatoms. The summed E-state index contributed by atoms with van der Waals surface area (Å²) in [6.45, 7) is 6.60. The second-order valence-electron chi connectivity index (χ2n) is 5.56. The molecule has 1 rings (SSSR count). The summed E-state index contributed by atoms with van der Waals surface area (Å²) in [6, 6.07) is 9.68. The first kappa shape index (κ1) is 16.8. The fourth-order valence-electron chi connectivity index (χ4n) is 1.82. The van der Waals surface area contributed by atoms with Gasteiger partial charge in [-0.3, -0.25) is 0 Å². The molecule has 1 atom stereocenters. The predicted molar refractivity (Wildman–Crippen MR) is 80.3 cm³/mol. The highest BCUT2D eigenvalue weighted by Gasteiger charge is 2.25. The van der Waals surface area contributed by atoms with Crippen molar-refractivity contribution in [3.8, 4) is 0 Å². The van der Waals surface area contributed by atoms with Crippen LogP contribution in [0.25, 0.3) is 0 Å². The molecule has 1 aromatic carbocycles. The number of carbonyl (C=O) groups is 1. The van der Waals surface area contributed by atoms with Gasteiger partial charge in [0.05, 0.1) is 18.6 Å². The molecule has 0 spiro atoms. The maximum atomic E-state index is 11.1. The van der Waals surface area contributed by atoms with Crippen molar-refractivity contribution in [3.63, 3.8) is 0 Å². The highest BCUT2D eigenvalue weighted by Crippen LogP contribution is 2.20. The molecule has 1 N–H and O–H groups in total. The van der Waals surface area contributed by atoms with Gasteiger partial charge in [0.15, 0.2) is 0 Å². The molecule has 20 heavy (non-hydrogen) atoms. The minimum absolute atomic E-state index is 0.218. The van der Waals surface area contributed by atoms with E-state index in [0.29, 0.717) is 19.8 Å². The number of nitrogens with zero attached hydrogens (tertiary/aromatic N) is 1. The van der Waals surface area contributed by atoms with E-state index >= 15 is 0 Å². The Hall–Kier alpha value is -1.26. The molecule has 0 aliphatic heterocycles. The SMILES string of the molecule is CC(C)(C)N(CCOCC(Cl)c1ccccc1)C(=O)O. The Labute approximate surface area is 125 Å². The van der Waals surface area contributed by atoms with E-state index in [9.17, 15) is 4.79 Å². The molecular weight excluding hydrogens is 278 g/mol. The molecule has 0 aliphatic carbocycles. The lowest BCUT2D eigenvalue weighted by molar-refractivity contribution is 0.0610. The van der Waals surface area contributed by atoms with Crippen LogP contribution in [0.3, 0.4) is 0 Å². The molecule has 0 radical (unpaired) electrons. The summed E-state index contributed by atoms with van der Waals surface area (Å²) in [5.74, 6) is 0. The summed E-state index contributed by atoms with van der Waals surface area (Å²) >= 11 is 6.22. The van der Waals surface area contributed by atoms with Crippen LogP contribution < -0.4 is 0 Å². The van der Waals surface area contributed by atoms with E-state index in [2.05, 4.69) is 0 Å². The topological polar surface area (TPSA) is 49.8 Å². The van der Waals surface area contributed by atoms with E-state index in [1.807, 2.05) is 51.1 Å². The van der Waals surface area contributed by atoms with Crippen LogP contribution in [0.5, 0.6) is 0 Å². The van der Waals surface area contributed by atoms with Gasteiger partial charge < -0.3 is 14.7 Å². The van der Waals surface area contributed by atoms with Gasteiger partial charge in [-0.1, -0.05) is 30.3 Å². The van der Waals surface area contributed by atoms with Crippen molar-refractivity contribution >= 4 is 17.7 Å². The lowest BCUT2D eigenvalue weighted by Crippen LogP contribution is -2.46. The number of benzene rings is 1. The average Bonchev–Trinajstić information content (AvgIpc) is 2.37. The van der Waals surface area contributed by atoms with E-state index < -0.39 is 11.6 Å². The van der Waals surface area contributed by atoms with Crippen LogP contribution >= 0.6 is 11.6 Å². The molecule has 1 amide bonds. The van der Waals surface area contributed by atoms with Gasteiger partial charge in [-0.05, 0) is 26.3 Å². The first-order valence-electron chi connectivity index (χ1n) is 6.59. The highest BCUT2D eigenvalue weighted by molar-refractivity contribution is 6.20. The number of ether oxygens (including phenoxy) is 1. The molecule has 112 valence electrons. The van der Waals surface area contributed by atoms with E-state index in [4.69, 9.17) is 21.4 Å². The van der Waals surface area contributed by atoms with Crippen molar-refractivity contribution in [2.45, 2.75) is 31.7 Å². The lowest BCUT2D eigenvalue weighted by atomic mass is 10.1. The monoisotopic (exact) mass is 299 g/mol. The smallest absolute Gasteiger partial charge is 0.407 e. The fraction of sp³-hybridized carbons (Fsp3) is 0.533. The van der Waals surface area contributed by atoms with Gasteiger partial charge >= 0.3 is 6.09 Å². The first-order chi connectivity index (χ1) is 9.32. The zero-order valence-corrected chi connectivity index (χ0v) is 12.9. The van der Waals surface area contributed by atoms with E-state index in [0.717, 1.165) is 5.56 Å². The predicted octanol–water partition coefficient (Wildman–Crippen LogP) is 3.76. The molecular formula is C15H22ClNO3. The Balaban J connectivity index is 2.36. The number of alkyl halides is 1. The molecule has 0 aliphatic rings. The largest absolute Gasteiger partial charge is 0.465 e. The van der Waals surface area contributed by atoms with Crippen molar-refractivity contribution in [1.29, 1.82) is 0 Å². The number of halogens is 1. The third kappa shape index (κ3) is 5.39. The number of hydrogen-bond donors (Lipinski definition) is 1. The van der Waals surface area contributed by atoms with Gasteiger partial charge in [0, 0.05) is 12.1 Å². The van der Waals surface area contributed by atoms with Gasteiger partial charge in [0.1, 0.15) is 0 Å². The first-order valence-corrected chi connectivity index (χ1v) is 7.03. The number of carboxylic acid groups (broad SMARTS) is 1. The van der Waals surface area contributed by atoms with Gasteiger partial charge in [0.2, 0.25) is 0 Å². The Morgan fingerprint density at radius 2 is 1.95 bits per heavy atom. The molecule has 0 saturated carbocycles. The van der Waals surface area contributed by atoms with Crippen LogP contribution in [0.4, 0.5) is 4.79 Å². The lowest BCUT2D eigenvalue weighted by Gasteiger charge is -2.33. The Bertz CT molecular complexity index is 417. The molecule has 1 aromatic rings. The highest BCUT2D eigenvalue weighted by atomic mass is 35.5. The van der Waals surface area contributed by atoms with Gasteiger partial charge in [-0.25, -0.2) is 4.79 Å². The van der Waals surface area contributed by atoms with Crippen molar-refractivity contribution < 1.29 is 14.6 Å². The Kier molecular flexibility index (Phi) is 6.30. The van der Waals surface area contributed by atoms with Crippen molar-refractivity contribution in [3.05, 3.63) is 35.9 Å². The van der Waals surface area contributed by atoms with Crippen LogP contribution in [0.1, 0.15) is 31.7 Å². The summed E-state index contributed by atoms with van der Waals surface area (Å²) in [6.07, 6.45) is -0.938. The Morgan fingerprint density at radius 3 is 2.45 bits per heavy atom. The zero-order valence-electron chi connectivity index (χ0n) is 12.2. The summed E-state index contributed by atoms with van der Waals surface area (Å²) in [5.41, 5.74) is 0.565. The third-order valence-electron chi connectivity index (χ3n) is 2.93. The number of hydrogen-bond acceptors (Lipinski definition) is 2. The Morgan fingerprint density at radius 1 is 1.35 bits per heavy atom. The van der Waals surface area contributed by atoms with Crippen LogP contribution in [0.15, 0.2) is 30.3 Å². The molecule has 0 saturated heterocycles. The fourth-order valence-corrected chi connectivity index (χ4v) is 2.05. The van der Waals surface area contributed by atoms with Crippen molar-refractivity contribution in [1.82, 2.24) is 4.90 Å². The van der Waals surface area contributed by atoms with E-state index in [1.165, 1.54) is 4.90 Å². The van der Waals surface area contributed by atoms with Gasteiger partial charge in [-0.15, -0.1) is 11.6 Å². The summed E-state index contributed by atoms with van der Waals surface area (Å²) in [4.78, 5) is 12.5. The molecule has 0 aromatic heterocycles. The zero-order chi connectivity index (χ0) is 15.2. The normalized spacial score (nSPS) is 13.0. The third-order valence-corrected chi connectivity index (χ3v) is 3.30. The minimum Gasteiger partial charge on any atom is -0.465 e. The number of rotatable bonds is 6. The van der Waals surface area contributed by atoms with Gasteiger partial charge in [-0.2, -0.15) is 0 Å². The summed E-state index contributed by atoms with van der Waals surface area (Å²) in [7, 11) is 0. The summed E-state index contributed by atoms with van der Waals surface area (Å²) < 4.78 is 5.49. The standard InChI is InChI=1S/C15H22ClNO3/c1-15(2,3)17(14(18)19)9-10-20-11-13(16)12-7-5-4-6-8-12/h4-8,13H,9-11H2,1-3H3,(H,18,19). The molecule has 4 nitrogen and oxygen atoms in total. The minimum atomic E-state index is -0.938. The van der Waals surface area contributed by atoms with Crippen molar-refractivity contribution in [2.24, 2.45) is 0 Å². The maximum Gasteiger partial charge on any atom is 0.407 e. The van der Waals surface area contributed by atoms with Crippen LogP contribution in [-0.2, 0) is 4.74 Å². The average molecular weight is 300 g/mol. The molecule has 1 unspecified atom stereocenters. The second kappa shape index (κ2) is 7.50. The van der Waals surface area contributed by atoms with Crippen LogP contribution in [-0.4, -0.2) is 41.4 Å². The molecule has 0 heterocycles. The molecule has 0 fully saturated rings. The number of amides is 1. The van der Waals surface area contributed by atoms with E-state index in [1.54, 1.807) is 0 Å². The van der Waals surface area contributed by atoms with Gasteiger partial charge in [0.25, 0.3) is 0 Å². The quantitative estimate of drug-likeness (QED) is 0.643. The van der Waals surface area contributed by atoms with E-state index in [-0.39, 0.29) is 5.38 Å². The summed E-state index contributed by atoms with van der Waals surface area (Å²) in [5, 5.41) is 8.92. The second-order valence-corrected chi connectivity index (χ2v) is 6.08. The molecule has 0 bridgehead atoms. The maximum absolute atomic E-state index is 11.1. The van der Waals surface area contributed by atoms with Crippen LogP contribution in [0, 0.1) is 0 Å².